The fourth-order valence-electron chi connectivity index (χ4n) is 3.77. The van der Waals surface area contributed by atoms with E-state index in [1.165, 1.54) is 11.1 Å². The molecule has 0 fully saturated rings. The summed E-state index contributed by atoms with van der Waals surface area (Å²) in [5.74, 6) is 1.35. The number of pyridine rings is 1. The van der Waals surface area contributed by atoms with Gasteiger partial charge in [0.05, 0.1) is 18.8 Å². The third-order valence-electron chi connectivity index (χ3n) is 5.34. The molecular weight excluding hydrogens is 458 g/mol. The summed E-state index contributed by atoms with van der Waals surface area (Å²) < 4.78 is 1.55. The van der Waals surface area contributed by atoms with E-state index in [-0.39, 0.29) is 17.2 Å². The smallest absolute Gasteiger partial charge is 0.264 e. The average molecular weight is 478 g/mol. The maximum absolute atomic E-state index is 13.6. The van der Waals surface area contributed by atoms with E-state index < -0.39 is 6.04 Å². The number of H-pyrrole nitrogens is 1. The first kappa shape index (κ1) is 21.5. The first-order valence-electron chi connectivity index (χ1n) is 10.3. The molecule has 5 aromatic rings. The van der Waals surface area contributed by atoms with E-state index in [9.17, 15) is 4.79 Å². The van der Waals surface area contributed by atoms with Crippen molar-refractivity contribution in [3.8, 4) is 17.2 Å². The van der Waals surface area contributed by atoms with Gasteiger partial charge >= 0.3 is 0 Å². The Kier molecular flexibility index (Phi) is 5.21. The van der Waals surface area contributed by atoms with Crippen LogP contribution in [0.1, 0.15) is 24.4 Å². The van der Waals surface area contributed by atoms with Crippen LogP contribution >= 0.6 is 11.6 Å². The van der Waals surface area contributed by atoms with Gasteiger partial charge < -0.3 is 11.1 Å². The lowest BCUT2D eigenvalue weighted by Gasteiger charge is -2.21. The van der Waals surface area contributed by atoms with Crippen LogP contribution in [0, 0.1) is 6.92 Å². The lowest BCUT2D eigenvalue weighted by Crippen LogP contribution is -2.26. The van der Waals surface area contributed by atoms with E-state index in [2.05, 4.69) is 40.9 Å². The molecule has 0 radical (unpaired) electrons. The molecule has 172 valence electrons. The quantitative estimate of drug-likeness (QED) is 0.345. The minimum Gasteiger partial charge on any atom is -0.383 e. The van der Waals surface area contributed by atoms with Gasteiger partial charge in [-0.15, -0.1) is 10.2 Å². The lowest BCUT2D eigenvalue weighted by atomic mass is 10.1. The maximum Gasteiger partial charge on any atom is 0.264 e. The Bertz CT molecular complexity index is 1590. The molecule has 0 aliphatic carbocycles. The summed E-state index contributed by atoms with van der Waals surface area (Å²) in [6.07, 6.45) is 1.34. The molecule has 12 nitrogen and oxygen atoms in total. The number of aryl methyl sites for hydroxylation is 2. The van der Waals surface area contributed by atoms with Crippen molar-refractivity contribution in [1.29, 1.82) is 0 Å². The SMILES string of the molecule is Cc1cc(-n2c([C@H](C)Nc3ncnc(N)c3-c3nnn(C)n3)cc3ccc(Cl)cc3c2=O)n[nH]1. The van der Waals surface area contributed by atoms with Gasteiger partial charge in [-0.2, -0.15) is 9.90 Å². The number of nitrogen functional groups attached to an aromatic ring is 1. The monoisotopic (exact) mass is 477 g/mol. The van der Waals surface area contributed by atoms with Gasteiger partial charge in [0.15, 0.2) is 5.82 Å². The minimum absolute atomic E-state index is 0.200. The zero-order valence-corrected chi connectivity index (χ0v) is 19.2. The summed E-state index contributed by atoms with van der Waals surface area (Å²) in [7, 11) is 1.65. The fraction of sp³-hybridized carbons (Fsp3) is 0.190. The molecule has 5 rings (SSSR count). The Hall–Kier alpha value is -4.32. The molecular formula is C21H20ClN11O. The number of rotatable bonds is 5. The van der Waals surface area contributed by atoms with Crippen LogP contribution in [0.25, 0.3) is 28.0 Å². The largest absolute Gasteiger partial charge is 0.383 e. The van der Waals surface area contributed by atoms with Crippen molar-refractivity contribution in [2.75, 3.05) is 11.1 Å². The van der Waals surface area contributed by atoms with Gasteiger partial charge in [-0.25, -0.2) is 9.97 Å². The van der Waals surface area contributed by atoms with Crippen LogP contribution < -0.4 is 16.6 Å². The molecule has 0 saturated carbocycles. The molecule has 0 aliphatic rings. The summed E-state index contributed by atoms with van der Waals surface area (Å²) in [6, 6.07) is 8.52. The zero-order chi connectivity index (χ0) is 24.0. The second kappa shape index (κ2) is 8.23. The number of nitrogens with one attached hydrogen (secondary N) is 2. The van der Waals surface area contributed by atoms with Crippen LogP contribution in [0.2, 0.25) is 5.02 Å². The molecule has 1 atom stereocenters. The first-order valence-corrected chi connectivity index (χ1v) is 10.7. The van der Waals surface area contributed by atoms with Crippen molar-refractivity contribution in [1.82, 2.24) is 44.9 Å². The number of anilines is 2. The van der Waals surface area contributed by atoms with Gasteiger partial charge in [-0.05, 0) is 42.6 Å². The van der Waals surface area contributed by atoms with Gasteiger partial charge in [0.1, 0.15) is 23.5 Å². The van der Waals surface area contributed by atoms with Crippen molar-refractivity contribution in [2.24, 2.45) is 7.05 Å². The van der Waals surface area contributed by atoms with Gasteiger partial charge in [0.25, 0.3) is 5.56 Å². The minimum atomic E-state index is -0.408. The van der Waals surface area contributed by atoms with Crippen LogP contribution in [0.5, 0.6) is 0 Å². The highest BCUT2D eigenvalue weighted by atomic mass is 35.5. The third-order valence-corrected chi connectivity index (χ3v) is 5.57. The highest BCUT2D eigenvalue weighted by Gasteiger charge is 2.22. The second-order valence-corrected chi connectivity index (χ2v) is 8.24. The van der Waals surface area contributed by atoms with Gasteiger partial charge in [-0.3, -0.25) is 14.5 Å². The van der Waals surface area contributed by atoms with E-state index in [0.717, 1.165) is 11.1 Å². The highest BCUT2D eigenvalue weighted by Crippen LogP contribution is 2.31. The van der Waals surface area contributed by atoms with E-state index >= 15 is 0 Å². The maximum atomic E-state index is 13.6. The van der Waals surface area contributed by atoms with Crippen LogP contribution in [-0.2, 0) is 7.05 Å². The number of halogens is 1. The Labute approximate surface area is 197 Å². The van der Waals surface area contributed by atoms with Crippen LogP contribution in [-0.4, -0.2) is 44.9 Å². The van der Waals surface area contributed by atoms with E-state index in [1.807, 2.05) is 26.0 Å². The molecule has 4 N–H and O–H groups in total. The molecule has 0 aliphatic heterocycles. The topological polar surface area (TPSA) is 158 Å². The standard InChI is InChI=1S/C21H20ClN11O/c1-10-6-16(28-27-10)33-15(7-12-4-5-13(22)8-14(12)21(33)34)11(2)26-19-17(18(23)24-9-25-19)20-29-31-32(3)30-20/h4-9,11H,1-3H3,(H,27,28)(H3,23,24,25,26)/t11-/m0/s1. The van der Waals surface area contributed by atoms with E-state index in [1.54, 1.807) is 29.8 Å². The molecule has 13 heteroatoms. The second-order valence-electron chi connectivity index (χ2n) is 7.80. The summed E-state index contributed by atoms with van der Waals surface area (Å²) in [4.78, 5) is 23.3. The van der Waals surface area contributed by atoms with E-state index in [0.29, 0.717) is 33.3 Å². The van der Waals surface area contributed by atoms with Crippen molar-refractivity contribution in [2.45, 2.75) is 19.9 Å². The van der Waals surface area contributed by atoms with Crippen LogP contribution in [0.15, 0.2) is 41.5 Å². The normalized spacial score (nSPS) is 12.2. The van der Waals surface area contributed by atoms with Gasteiger partial charge in [-0.1, -0.05) is 17.7 Å². The summed E-state index contributed by atoms with van der Waals surface area (Å²) in [5.41, 5.74) is 7.77. The first-order chi connectivity index (χ1) is 16.3. The number of nitrogens with zero attached hydrogens (tertiary/aromatic N) is 8. The predicted molar refractivity (Wildman–Crippen MR) is 128 cm³/mol. The summed E-state index contributed by atoms with van der Waals surface area (Å²) in [5, 5.41) is 24.4. The van der Waals surface area contributed by atoms with Crippen LogP contribution in [0.4, 0.5) is 11.6 Å². The molecule has 34 heavy (non-hydrogen) atoms. The van der Waals surface area contributed by atoms with Crippen molar-refractivity contribution < 1.29 is 0 Å². The Morgan fingerprint density at radius 1 is 1.21 bits per heavy atom. The third kappa shape index (κ3) is 3.73. The number of aromatic nitrogens is 9. The summed E-state index contributed by atoms with van der Waals surface area (Å²) >= 11 is 6.17. The number of tetrazole rings is 1. The molecule has 0 amide bonds. The fourth-order valence-corrected chi connectivity index (χ4v) is 3.94. The molecule has 0 spiro atoms. The molecule has 0 saturated heterocycles. The lowest BCUT2D eigenvalue weighted by molar-refractivity contribution is 0.630. The number of nitrogens with two attached hydrogens (primary N) is 1. The van der Waals surface area contributed by atoms with E-state index in [4.69, 9.17) is 17.3 Å². The molecule has 0 unspecified atom stereocenters. The number of benzene rings is 1. The average Bonchev–Trinajstić information content (AvgIpc) is 3.42. The van der Waals surface area contributed by atoms with Crippen LogP contribution in [0.3, 0.4) is 0 Å². The molecule has 4 aromatic heterocycles. The Morgan fingerprint density at radius 2 is 2.03 bits per heavy atom. The molecule has 4 heterocycles. The number of hydrogen-bond acceptors (Lipinski definition) is 9. The van der Waals surface area contributed by atoms with Crippen molar-refractivity contribution in [3.05, 3.63) is 63.4 Å². The van der Waals surface area contributed by atoms with Gasteiger partial charge in [0.2, 0.25) is 5.82 Å². The number of fused-ring (bicyclic) bond motifs is 1. The van der Waals surface area contributed by atoms with Crippen molar-refractivity contribution in [3.63, 3.8) is 0 Å². The molecule has 1 aromatic carbocycles. The Balaban J connectivity index is 1.66. The van der Waals surface area contributed by atoms with Gasteiger partial charge in [0, 0.05) is 22.2 Å². The Morgan fingerprint density at radius 3 is 2.74 bits per heavy atom. The van der Waals surface area contributed by atoms with Crippen molar-refractivity contribution >= 4 is 34.0 Å². The number of aromatic amines is 1. The molecule has 0 bridgehead atoms. The predicted octanol–water partition coefficient (Wildman–Crippen LogP) is 2.41. The zero-order valence-electron chi connectivity index (χ0n) is 18.5. The summed E-state index contributed by atoms with van der Waals surface area (Å²) in [6.45, 7) is 3.77. The highest BCUT2D eigenvalue weighted by molar-refractivity contribution is 6.31. The number of hydrogen-bond donors (Lipinski definition) is 3.